The molecule has 0 aliphatic carbocycles. The summed E-state index contributed by atoms with van der Waals surface area (Å²) in [6.07, 6.45) is 6.66. The number of hydrogen-bond donors (Lipinski definition) is 1. The SMILES string of the molecule is [B]C[C@H](C)c1ccc(CC2CN(C(=O)CC3CCCCNC3)C2)c(C=O)c1. The monoisotopic (exact) mass is 366 g/mol. The van der Waals surface area contributed by atoms with Crippen molar-refractivity contribution >= 4 is 20.0 Å². The van der Waals surface area contributed by atoms with Gasteiger partial charge in [0.1, 0.15) is 6.29 Å². The van der Waals surface area contributed by atoms with Gasteiger partial charge in [-0.1, -0.05) is 31.8 Å². The molecule has 144 valence electrons. The van der Waals surface area contributed by atoms with Crippen molar-refractivity contribution in [2.75, 3.05) is 26.2 Å². The minimum absolute atomic E-state index is 0.257. The standard InChI is InChI=1S/C22H31BN2O2/c1-16(11-23)19-5-6-20(21(10-19)15-26)8-18-13-25(14-18)22(27)9-17-4-2-3-7-24-12-17/h5-6,10,15-18,24H,2-4,7-9,11-14H2,1H3/t16-,17?/m0/s1. The van der Waals surface area contributed by atoms with E-state index in [4.69, 9.17) is 7.85 Å². The first-order valence-electron chi connectivity index (χ1n) is 10.4. The van der Waals surface area contributed by atoms with E-state index in [1.807, 2.05) is 11.0 Å². The smallest absolute Gasteiger partial charge is 0.222 e. The van der Waals surface area contributed by atoms with Crippen LogP contribution in [0.4, 0.5) is 0 Å². The maximum Gasteiger partial charge on any atom is 0.222 e. The number of carbonyl (C=O) groups excluding carboxylic acids is 2. The molecular formula is C22H31BN2O2. The van der Waals surface area contributed by atoms with Crippen molar-refractivity contribution in [3.8, 4) is 0 Å². The summed E-state index contributed by atoms with van der Waals surface area (Å²) in [4.78, 5) is 26.0. The number of benzene rings is 1. The first kappa shape index (κ1) is 20.1. The van der Waals surface area contributed by atoms with Gasteiger partial charge in [0, 0.05) is 25.1 Å². The van der Waals surface area contributed by atoms with Gasteiger partial charge in [-0.25, -0.2) is 0 Å². The predicted molar refractivity (Wildman–Crippen MR) is 109 cm³/mol. The van der Waals surface area contributed by atoms with E-state index in [2.05, 4.69) is 24.4 Å². The molecule has 27 heavy (non-hydrogen) atoms. The van der Waals surface area contributed by atoms with Crippen molar-refractivity contribution in [3.63, 3.8) is 0 Å². The highest BCUT2D eigenvalue weighted by Crippen LogP contribution is 2.27. The Hall–Kier alpha value is -1.62. The Bertz CT molecular complexity index is 650. The van der Waals surface area contributed by atoms with Gasteiger partial charge in [-0.3, -0.25) is 9.59 Å². The van der Waals surface area contributed by atoms with Gasteiger partial charge in [-0.2, -0.15) is 0 Å². The van der Waals surface area contributed by atoms with Crippen molar-refractivity contribution in [2.45, 2.75) is 51.3 Å². The molecule has 1 N–H and O–H groups in total. The Balaban J connectivity index is 1.49. The molecule has 2 heterocycles. The van der Waals surface area contributed by atoms with Crippen LogP contribution in [0.15, 0.2) is 18.2 Å². The second kappa shape index (κ2) is 9.54. The summed E-state index contributed by atoms with van der Waals surface area (Å²) in [6, 6.07) is 6.12. The van der Waals surface area contributed by atoms with E-state index in [9.17, 15) is 9.59 Å². The Labute approximate surface area is 164 Å². The second-order valence-electron chi connectivity index (χ2n) is 8.35. The molecule has 0 spiro atoms. The lowest BCUT2D eigenvalue weighted by molar-refractivity contribution is -0.138. The number of rotatable bonds is 7. The van der Waals surface area contributed by atoms with Crippen LogP contribution in [-0.4, -0.2) is 51.1 Å². The van der Waals surface area contributed by atoms with Crippen LogP contribution in [0.1, 0.15) is 60.0 Å². The fourth-order valence-corrected chi connectivity index (χ4v) is 4.21. The summed E-state index contributed by atoms with van der Waals surface area (Å²) in [5.41, 5.74) is 2.97. The quantitative estimate of drug-likeness (QED) is 0.596. The van der Waals surface area contributed by atoms with Gasteiger partial charge in [-0.15, -0.1) is 0 Å². The first-order chi connectivity index (χ1) is 13.1. The van der Waals surface area contributed by atoms with Gasteiger partial charge < -0.3 is 10.2 Å². The van der Waals surface area contributed by atoms with Gasteiger partial charge in [0.15, 0.2) is 0 Å². The highest BCUT2D eigenvalue weighted by molar-refractivity contribution is 6.09. The van der Waals surface area contributed by atoms with Gasteiger partial charge in [0.25, 0.3) is 0 Å². The molecule has 5 heteroatoms. The molecule has 2 aliphatic rings. The summed E-state index contributed by atoms with van der Waals surface area (Å²) < 4.78 is 0. The van der Waals surface area contributed by atoms with Crippen molar-refractivity contribution in [2.24, 2.45) is 11.8 Å². The fraction of sp³-hybridized carbons (Fsp3) is 0.636. The topological polar surface area (TPSA) is 49.4 Å². The van der Waals surface area contributed by atoms with Crippen LogP contribution in [0.3, 0.4) is 0 Å². The van der Waals surface area contributed by atoms with E-state index >= 15 is 0 Å². The van der Waals surface area contributed by atoms with Crippen LogP contribution < -0.4 is 5.32 Å². The zero-order valence-corrected chi connectivity index (χ0v) is 16.5. The highest BCUT2D eigenvalue weighted by Gasteiger charge is 2.32. The molecule has 1 aromatic rings. The molecule has 3 rings (SSSR count). The molecule has 2 saturated heterocycles. The molecule has 1 unspecified atom stereocenters. The number of carbonyl (C=O) groups is 2. The highest BCUT2D eigenvalue weighted by atomic mass is 16.2. The lowest BCUT2D eigenvalue weighted by Crippen LogP contribution is -2.51. The van der Waals surface area contributed by atoms with Gasteiger partial charge in [0.05, 0.1) is 7.85 Å². The molecule has 2 radical (unpaired) electrons. The van der Waals surface area contributed by atoms with Crippen LogP contribution in [0.5, 0.6) is 0 Å². The van der Waals surface area contributed by atoms with E-state index < -0.39 is 0 Å². The molecular weight excluding hydrogens is 335 g/mol. The van der Waals surface area contributed by atoms with Crippen molar-refractivity contribution in [3.05, 3.63) is 34.9 Å². The summed E-state index contributed by atoms with van der Waals surface area (Å²) >= 11 is 0. The van der Waals surface area contributed by atoms with Crippen molar-refractivity contribution in [1.29, 1.82) is 0 Å². The van der Waals surface area contributed by atoms with Gasteiger partial charge >= 0.3 is 0 Å². The Morgan fingerprint density at radius 2 is 2.15 bits per heavy atom. The van der Waals surface area contributed by atoms with Gasteiger partial charge in [-0.05, 0) is 67.3 Å². The third-order valence-electron chi connectivity index (χ3n) is 6.15. The molecule has 0 saturated carbocycles. The maximum absolute atomic E-state index is 12.5. The predicted octanol–water partition coefficient (Wildman–Crippen LogP) is 2.97. The lowest BCUT2D eigenvalue weighted by atomic mass is 9.84. The average Bonchev–Trinajstić information content (AvgIpc) is 2.92. The number of nitrogens with zero attached hydrogens (tertiary/aromatic N) is 1. The maximum atomic E-state index is 12.5. The van der Waals surface area contributed by atoms with Crippen molar-refractivity contribution < 1.29 is 9.59 Å². The van der Waals surface area contributed by atoms with Gasteiger partial charge in [0.2, 0.25) is 5.91 Å². The number of hydrogen-bond acceptors (Lipinski definition) is 3. The third kappa shape index (κ3) is 5.22. The normalized spacial score (nSPS) is 22.0. The van der Waals surface area contributed by atoms with Crippen LogP contribution in [0.2, 0.25) is 6.32 Å². The summed E-state index contributed by atoms with van der Waals surface area (Å²) in [6.45, 7) is 5.76. The number of aldehydes is 1. The molecule has 0 bridgehead atoms. The lowest BCUT2D eigenvalue weighted by Gasteiger charge is -2.40. The zero-order valence-electron chi connectivity index (χ0n) is 16.5. The van der Waals surface area contributed by atoms with Crippen LogP contribution >= 0.6 is 0 Å². The minimum atomic E-state index is 0.257. The molecule has 2 atom stereocenters. The zero-order chi connectivity index (χ0) is 19.2. The Morgan fingerprint density at radius 1 is 1.33 bits per heavy atom. The minimum Gasteiger partial charge on any atom is -0.342 e. The Kier molecular flexibility index (Phi) is 7.11. The summed E-state index contributed by atoms with van der Waals surface area (Å²) in [5, 5.41) is 3.44. The third-order valence-corrected chi connectivity index (χ3v) is 6.15. The fourth-order valence-electron chi connectivity index (χ4n) is 4.21. The Morgan fingerprint density at radius 3 is 2.89 bits per heavy atom. The molecule has 4 nitrogen and oxygen atoms in total. The molecule has 2 fully saturated rings. The first-order valence-corrected chi connectivity index (χ1v) is 10.4. The molecule has 2 aliphatic heterocycles. The van der Waals surface area contributed by atoms with E-state index in [-0.39, 0.29) is 5.92 Å². The molecule has 1 aromatic carbocycles. The average molecular weight is 366 g/mol. The van der Waals surface area contributed by atoms with Crippen molar-refractivity contribution in [1.82, 2.24) is 10.2 Å². The van der Waals surface area contributed by atoms with Crippen LogP contribution in [0.25, 0.3) is 0 Å². The second-order valence-corrected chi connectivity index (χ2v) is 8.35. The number of likely N-dealkylation sites (tertiary alicyclic amines) is 1. The van der Waals surface area contributed by atoms with E-state index in [0.29, 0.717) is 30.5 Å². The largest absolute Gasteiger partial charge is 0.342 e. The van der Waals surface area contributed by atoms with E-state index in [1.54, 1.807) is 0 Å². The summed E-state index contributed by atoms with van der Waals surface area (Å²) in [7, 11) is 5.73. The van der Waals surface area contributed by atoms with E-state index in [1.165, 1.54) is 12.8 Å². The molecule has 1 amide bonds. The summed E-state index contributed by atoms with van der Waals surface area (Å²) in [5.74, 6) is 1.49. The van der Waals surface area contributed by atoms with Crippen LogP contribution in [0, 0.1) is 11.8 Å². The van der Waals surface area contributed by atoms with Crippen LogP contribution in [-0.2, 0) is 11.2 Å². The number of nitrogens with one attached hydrogen (secondary N) is 1. The molecule has 0 aromatic heterocycles. The van der Waals surface area contributed by atoms with E-state index in [0.717, 1.165) is 62.0 Å². The number of amides is 1.